The van der Waals surface area contributed by atoms with Crippen LogP contribution in [-0.2, 0) is 0 Å². The van der Waals surface area contributed by atoms with E-state index in [0.717, 1.165) is 3.57 Å². The van der Waals surface area contributed by atoms with Crippen molar-refractivity contribution in [1.82, 2.24) is 9.97 Å². The predicted octanol–water partition coefficient (Wildman–Crippen LogP) is 1.97. The third-order valence-corrected chi connectivity index (χ3v) is 2.53. The Morgan fingerprint density at radius 1 is 1.56 bits per heavy atom. The van der Waals surface area contributed by atoms with Crippen LogP contribution in [0.5, 0.6) is 5.75 Å². The summed E-state index contributed by atoms with van der Waals surface area (Å²) >= 11 is 2.10. The highest BCUT2D eigenvalue weighted by Crippen LogP contribution is 2.19. The number of aromatic amines is 1. The van der Waals surface area contributed by atoms with Crippen molar-refractivity contribution >= 4 is 34.3 Å². The van der Waals surface area contributed by atoms with E-state index in [9.17, 15) is 9.90 Å². The summed E-state index contributed by atoms with van der Waals surface area (Å²) in [7, 11) is 0. The van der Waals surface area contributed by atoms with Crippen LogP contribution in [0, 0.1) is 3.57 Å². The standard InChI is InChI=1S/C10H8IN3O2/c11-6-4-7(13-5-6)10(16)14-9-8(15)2-1-3-12-9/h1-5,13,15H,(H,12,14,16). The summed E-state index contributed by atoms with van der Waals surface area (Å²) in [5.41, 5.74) is 0.425. The van der Waals surface area contributed by atoms with Gasteiger partial charge in [0.15, 0.2) is 11.6 Å². The van der Waals surface area contributed by atoms with Gasteiger partial charge in [-0.05, 0) is 40.8 Å². The summed E-state index contributed by atoms with van der Waals surface area (Å²) in [6.45, 7) is 0. The van der Waals surface area contributed by atoms with E-state index in [1.807, 2.05) is 0 Å². The highest BCUT2D eigenvalue weighted by Gasteiger charge is 2.10. The van der Waals surface area contributed by atoms with Crippen LogP contribution in [0.4, 0.5) is 5.82 Å². The maximum absolute atomic E-state index is 11.7. The molecule has 3 N–H and O–H groups in total. The second kappa shape index (κ2) is 4.52. The zero-order valence-electron chi connectivity index (χ0n) is 8.07. The first kappa shape index (κ1) is 10.9. The van der Waals surface area contributed by atoms with Crippen LogP contribution < -0.4 is 5.32 Å². The molecule has 0 saturated heterocycles. The van der Waals surface area contributed by atoms with E-state index in [-0.39, 0.29) is 17.5 Å². The van der Waals surface area contributed by atoms with E-state index in [1.54, 1.807) is 18.3 Å². The van der Waals surface area contributed by atoms with Gasteiger partial charge in [0.25, 0.3) is 5.91 Å². The molecule has 0 unspecified atom stereocenters. The number of aromatic nitrogens is 2. The van der Waals surface area contributed by atoms with E-state index in [4.69, 9.17) is 0 Å². The number of rotatable bonds is 2. The molecule has 0 aliphatic rings. The summed E-state index contributed by atoms with van der Waals surface area (Å²) in [4.78, 5) is 18.4. The summed E-state index contributed by atoms with van der Waals surface area (Å²) in [5, 5.41) is 11.9. The van der Waals surface area contributed by atoms with Crippen LogP contribution in [0.1, 0.15) is 10.5 Å². The highest BCUT2D eigenvalue weighted by molar-refractivity contribution is 14.1. The van der Waals surface area contributed by atoms with E-state index >= 15 is 0 Å². The van der Waals surface area contributed by atoms with Crippen LogP contribution >= 0.6 is 22.6 Å². The number of carbonyl (C=O) groups is 1. The van der Waals surface area contributed by atoms with E-state index in [1.165, 1.54) is 12.3 Å². The molecule has 0 saturated carbocycles. The smallest absolute Gasteiger partial charge is 0.273 e. The van der Waals surface area contributed by atoms with Gasteiger partial charge in [-0.3, -0.25) is 4.79 Å². The number of H-pyrrole nitrogens is 1. The van der Waals surface area contributed by atoms with Gasteiger partial charge in [0.2, 0.25) is 0 Å². The van der Waals surface area contributed by atoms with Crippen molar-refractivity contribution in [2.24, 2.45) is 0 Å². The molecule has 0 aliphatic heterocycles. The Morgan fingerprint density at radius 2 is 2.38 bits per heavy atom. The van der Waals surface area contributed by atoms with Gasteiger partial charge in [0.05, 0.1) is 0 Å². The Hall–Kier alpha value is -1.57. The van der Waals surface area contributed by atoms with Gasteiger partial charge in [-0.25, -0.2) is 4.98 Å². The number of hydrogen-bond acceptors (Lipinski definition) is 3. The lowest BCUT2D eigenvalue weighted by Gasteiger charge is -2.03. The van der Waals surface area contributed by atoms with E-state index in [0.29, 0.717) is 5.69 Å². The fourth-order valence-electron chi connectivity index (χ4n) is 1.17. The first-order valence-electron chi connectivity index (χ1n) is 4.46. The predicted molar refractivity (Wildman–Crippen MR) is 67.4 cm³/mol. The molecule has 2 rings (SSSR count). The Labute approximate surface area is 105 Å². The first-order valence-corrected chi connectivity index (χ1v) is 5.54. The number of pyridine rings is 1. The fourth-order valence-corrected chi connectivity index (χ4v) is 1.63. The largest absolute Gasteiger partial charge is 0.504 e. The number of carbonyl (C=O) groups excluding carboxylic acids is 1. The van der Waals surface area contributed by atoms with Gasteiger partial charge in [-0.1, -0.05) is 0 Å². The van der Waals surface area contributed by atoms with E-state index in [2.05, 4.69) is 37.9 Å². The van der Waals surface area contributed by atoms with Gasteiger partial charge >= 0.3 is 0 Å². The third-order valence-electron chi connectivity index (χ3n) is 1.91. The molecule has 0 atom stereocenters. The molecular formula is C10H8IN3O2. The van der Waals surface area contributed by atoms with Crippen LogP contribution in [0.15, 0.2) is 30.6 Å². The second-order valence-corrected chi connectivity index (χ2v) is 4.30. The number of aromatic hydroxyl groups is 1. The maximum atomic E-state index is 11.7. The third kappa shape index (κ3) is 2.32. The summed E-state index contributed by atoms with van der Waals surface area (Å²) < 4.78 is 0.938. The number of amides is 1. The molecule has 1 amide bonds. The van der Waals surface area contributed by atoms with Crippen LogP contribution in [0.2, 0.25) is 0 Å². The lowest BCUT2D eigenvalue weighted by atomic mass is 10.4. The molecule has 2 aromatic heterocycles. The van der Waals surface area contributed by atoms with Gasteiger partial charge < -0.3 is 15.4 Å². The van der Waals surface area contributed by atoms with Gasteiger partial charge in [-0.15, -0.1) is 0 Å². The normalized spacial score (nSPS) is 10.1. The lowest BCUT2D eigenvalue weighted by molar-refractivity contribution is 0.102. The summed E-state index contributed by atoms with van der Waals surface area (Å²) in [5.74, 6) is -0.244. The van der Waals surface area contributed by atoms with Crippen molar-refractivity contribution in [2.75, 3.05) is 5.32 Å². The number of hydrogen-bond donors (Lipinski definition) is 3. The minimum atomic E-state index is -0.336. The molecule has 2 heterocycles. The lowest BCUT2D eigenvalue weighted by Crippen LogP contribution is -2.13. The minimum absolute atomic E-state index is 0.0582. The number of nitrogens with one attached hydrogen (secondary N) is 2. The molecular weight excluding hydrogens is 321 g/mol. The summed E-state index contributed by atoms with van der Waals surface area (Å²) in [6, 6.07) is 4.75. The molecule has 0 radical (unpaired) electrons. The Bertz CT molecular complexity index is 524. The average Bonchev–Trinajstić information content (AvgIpc) is 2.68. The fraction of sp³-hybridized carbons (Fsp3) is 0. The summed E-state index contributed by atoms with van der Waals surface area (Å²) in [6.07, 6.45) is 3.21. The van der Waals surface area contributed by atoms with Gasteiger partial charge in [0, 0.05) is 16.0 Å². The molecule has 6 heteroatoms. The topological polar surface area (TPSA) is 78.0 Å². The van der Waals surface area contributed by atoms with Gasteiger partial charge in [0.1, 0.15) is 5.69 Å². The average molecular weight is 329 g/mol. The van der Waals surface area contributed by atoms with Crippen LogP contribution in [-0.4, -0.2) is 21.0 Å². The van der Waals surface area contributed by atoms with Crippen molar-refractivity contribution in [3.63, 3.8) is 0 Å². The zero-order chi connectivity index (χ0) is 11.5. The van der Waals surface area contributed by atoms with Crippen molar-refractivity contribution in [3.05, 3.63) is 39.9 Å². The molecule has 0 aromatic carbocycles. The van der Waals surface area contributed by atoms with Crippen molar-refractivity contribution < 1.29 is 9.90 Å². The quantitative estimate of drug-likeness (QED) is 0.737. The van der Waals surface area contributed by atoms with E-state index < -0.39 is 0 Å². The van der Waals surface area contributed by atoms with Crippen molar-refractivity contribution in [3.8, 4) is 5.75 Å². The maximum Gasteiger partial charge on any atom is 0.273 e. The highest BCUT2D eigenvalue weighted by atomic mass is 127. The Morgan fingerprint density at radius 3 is 3.00 bits per heavy atom. The molecule has 82 valence electrons. The molecule has 16 heavy (non-hydrogen) atoms. The molecule has 0 aliphatic carbocycles. The van der Waals surface area contributed by atoms with Crippen molar-refractivity contribution in [1.29, 1.82) is 0 Å². The molecule has 5 nitrogen and oxygen atoms in total. The monoisotopic (exact) mass is 329 g/mol. The van der Waals surface area contributed by atoms with Crippen LogP contribution in [0.25, 0.3) is 0 Å². The second-order valence-electron chi connectivity index (χ2n) is 3.06. The first-order chi connectivity index (χ1) is 7.66. The SMILES string of the molecule is O=C(Nc1ncccc1O)c1cc(I)c[nH]1. The molecule has 2 aromatic rings. The minimum Gasteiger partial charge on any atom is -0.504 e. The molecule has 0 spiro atoms. The number of halogens is 1. The van der Waals surface area contributed by atoms with Crippen molar-refractivity contribution in [2.45, 2.75) is 0 Å². The Kier molecular flexibility index (Phi) is 3.09. The van der Waals surface area contributed by atoms with Gasteiger partial charge in [-0.2, -0.15) is 0 Å². The zero-order valence-corrected chi connectivity index (χ0v) is 10.2. The Balaban J connectivity index is 2.17. The molecule has 0 bridgehead atoms. The number of anilines is 1. The number of nitrogens with zero attached hydrogens (tertiary/aromatic N) is 1. The van der Waals surface area contributed by atoms with Crippen LogP contribution in [0.3, 0.4) is 0 Å². The molecule has 0 fully saturated rings.